The number of anilines is 1. The van der Waals surface area contributed by atoms with E-state index in [-0.39, 0.29) is 17.2 Å². The van der Waals surface area contributed by atoms with E-state index in [0.29, 0.717) is 5.78 Å². The molecule has 0 saturated carbocycles. The van der Waals surface area contributed by atoms with Crippen molar-refractivity contribution >= 4 is 40.2 Å². The molecule has 2 aromatic heterocycles. The van der Waals surface area contributed by atoms with Crippen molar-refractivity contribution in [2.24, 2.45) is 0 Å². The third kappa shape index (κ3) is 2.53. The maximum Gasteiger partial charge on any atom is 0.240 e. The van der Waals surface area contributed by atoms with Gasteiger partial charge in [-0.25, -0.2) is 10.1 Å². The van der Waals surface area contributed by atoms with Gasteiger partial charge in [0.15, 0.2) is 5.16 Å². The van der Waals surface area contributed by atoms with Crippen LogP contribution in [0.1, 0.15) is 19.4 Å². The molecule has 0 spiro atoms. The van der Waals surface area contributed by atoms with E-state index in [1.807, 2.05) is 58.7 Å². The molecule has 3 heterocycles. The normalized spacial score (nSPS) is 17.6. The summed E-state index contributed by atoms with van der Waals surface area (Å²) in [6.07, 6.45) is 0.901. The summed E-state index contributed by atoms with van der Waals surface area (Å²) in [6.45, 7) is 4.05. The number of aromatic amines is 1. The maximum absolute atomic E-state index is 13.2. The molecule has 1 N–H and O–H groups in total. The quantitative estimate of drug-likeness (QED) is 0.553. The van der Waals surface area contributed by atoms with E-state index in [4.69, 9.17) is 0 Å². The van der Waals surface area contributed by atoms with Gasteiger partial charge in [-0.15, -0.1) is 5.10 Å². The Labute approximate surface area is 160 Å². The van der Waals surface area contributed by atoms with Gasteiger partial charge in [0.1, 0.15) is 0 Å². The highest BCUT2D eigenvalue weighted by Crippen LogP contribution is 2.35. The number of nitrogens with one attached hydrogen (secondary N) is 1. The van der Waals surface area contributed by atoms with Crippen LogP contribution in [0.15, 0.2) is 53.7 Å². The molecule has 4 aromatic rings. The van der Waals surface area contributed by atoms with Gasteiger partial charge in [-0.2, -0.15) is 0 Å². The number of fused-ring (bicyclic) bond motifs is 4. The van der Waals surface area contributed by atoms with E-state index < -0.39 is 0 Å². The number of para-hydroxylation sites is 3. The van der Waals surface area contributed by atoms with Gasteiger partial charge in [0.25, 0.3) is 0 Å². The number of nitrogens with zero attached hydrogens (tertiary/aromatic N) is 4. The number of amides is 1. The Kier molecular flexibility index (Phi) is 3.72. The average Bonchev–Trinajstić information content (AvgIpc) is 3.32. The summed E-state index contributed by atoms with van der Waals surface area (Å²) in [5.41, 5.74) is 4.17. The van der Waals surface area contributed by atoms with Crippen molar-refractivity contribution in [3.05, 3.63) is 54.1 Å². The lowest BCUT2D eigenvalue weighted by atomic mass is 10.1. The molecular weight excluding hydrogens is 358 g/mol. The molecule has 0 saturated heterocycles. The number of imidazole rings is 1. The second-order valence-electron chi connectivity index (χ2n) is 6.92. The summed E-state index contributed by atoms with van der Waals surface area (Å²) in [6, 6.07) is 16.3. The summed E-state index contributed by atoms with van der Waals surface area (Å²) in [4.78, 5) is 19.7. The SMILES string of the molecule is CC(Sc1n[nH]c2nc3ccccc3n12)C(=O)N1c2ccccc2CC1C. The van der Waals surface area contributed by atoms with Gasteiger partial charge in [-0.1, -0.05) is 42.1 Å². The minimum absolute atomic E-state index is 0.109. The fourth-order valence-corrected chi connectivity index (χ4v) is 4.75. The Morgan fingerprint density at radius 2 is 2.00 bits per heavy atom. The first-order valence-corrected chi connectivity index (χ1v) is 9.90. The van der Waals surface area contributed by atoms with E-state index in [0.717, 1.165) is 28.3 Å². The zero-order chi connectivity index (χ0) is 18.5. The highest BCUT2D eigenvalue weighted by atomic mass is 32.2. The first kappa shape index (κ1) is 16.4. The molecule has 2 unspecified atom stereocenters. The molecule has 2 aromatic carbocycles. The number of hydrogen-bond acceptors (Lipinski definition) is 4. The van der Waals surface area contributed by atoms with Crippen molar-refractivity contribution in [3.8, 4) is 0 Å². The first-order valence-electron chi connectivity index (χ1n) is 9.02. The van der Waals surface area contributed by atoms with Gasteiger partial charge in [-0.3, -0.25) is 9.20 Å². The standard InChI is InChI=1S/C20H19N5OS/c1-12-11-14-7-3-5-9-16(14)24(12)18(26)13(2)27-20-23-22-19-21-15-8-4-6-10-17(15)25(19)20/h3-10,12-13H,11H2,1-2H3,(H,21,22). The van der Waals surface area contributed by atoms with Gasteiger partial charge in [-0.05, 0) is 44.0 Å². The molecule has 0 aliphatic carbocycles. The van der Waals surface area contributed by atoms with Crippen molar-refractivity contribution in [2.75, 3.05) is 4.90 Å². The van der Waals surface area contributed by atoms with Crippen LogP contribution in [0, 0.1) is 0 Å². The zero-order valence-electron chi connectivity index (χ0n) is 15.1. The van der Waals surface area contributed by atoms with Crippen molar-refractivity contribution in [2.45, 2.75) is 36.7 Å². The predicted molar refractivity (Wildman–Crippen MR) is 107 cm³/mol. The van der Waals surface area contributed by atoms with Crippen LogP contribution in [0.3, 0.4) is 0 Å². The van der Waals surface area contributed by atoms with E-state index in [1.54, 1.807) is 0 Å². The number of benzene rings is 2. The van der Waals surface area contributed by atoms with Gasteiger partial charge in [0.2, 0.25) is 11.7 Å². The topological polar surface area (TPSA) is 66.3 Å². The highest BCUT2D eigenvalue weighted by Gasteiger charge is 2.34. The molecule has 5 rings (SSSR count). The van der Waals surface area contributed by atoms with E-state index >= 15 is 0 Å². The number of thioether (sulfide) groups is 1. The smallest absolute Gasteiger partial charge is 0.240 e. The molecule has 2 atom stereocenters. The molecule has 0 fully saturated rings. The Hall–Kier alpha value is -2.80. The molecule has 1 amide bonds. The highest BCUT2D eigenvalue weighted by molar-refractivity contribution is 8.00. The molecule has 7 heteroatoms. The van der Waals surface area contributed by atoms with Crippen LogP contribution in [-0.2, 0) is 11.2 Å². The molecule has 27 heavy (non-hydrogen) atoms. The largest absolute Gasteiger partial charge is 0.308 e. The van der Waals surface area contributed by atoms with Gasteiger partial charge in [0, 0.05) is 11.7 Å². The van der Waals surface area contributed by atoms with Crippen molar-refractivity contribution in [3.63, 3.8) is 0 Å². The molecule has 1 aliphatic rings. The van der Waals surface area contributed by atoms with Crippen molar-refractivity contribution in [1.29, 1.82) is 0 Å². The lowest BCUT2D eigenvalue weighted by Crippen LogP contribution is -2.40. The molecule has 0 bridgehead atoms. The Morgan fingerprint density at radius 1 is 1.22 bits per heavy atom. The average molecular weight is 377 g/mol. The minimum Gasteiger partial charge on any atom is -0.308 e. The number of carbonyl (C=O) groups excluding carboxylic acids is 1. The molecule has 136 valence electrons. The second-order valence-corrected chi connectivity index (χ2v) is 8.22. The Bertz CT molecular complexity index is 1160. The molecule has 0 radical (unpaired) electrons. The number of rotatable bonds is 3. The summed E-state index contributed by atoms with van der Waals surface area (Å²) in [5.74, 6) is 0.802. The lowest BCUT2D eigenvalue weighted by molar-refractivity contribution is -0.118. The lowest BCUT2D eigenvalue weighted by Gasteiger charge is -2.25. The number of hydrogen-bond donors (Lipinski definition) is 1. The number of aromatic nitrogens is 4. The van der Waals surface area contributed by atoms with Crippen LogP contribution >= 0.6 is 11.8 Å². The fourth-order valence-electron chi connectivity index (χ4n) is 3.83. The van der Waals surface area contributed by atoms with E-state index in [9.17, 15) is 4.79 Å². The third-order valence-corrected chi connectivity index (χ3v) is 6.12. The Balaban J connectivity index is 1.46. The van der Waals surface area contributed by atoms with Crippen LogP contribution in [0.25, 0.3) is 16.8 Å². The minimum atomic E-state index is -0.258. The van der Waals surface area contributed by atoms with E-state index in [1.165, 1.54) is 17.3 Å². The predicted octanol–water partition coefficient (Wildman–Crippen LogP) is 3.67. The second kappa shape index (κ2) is 6.13. The van der Waals surface area contributed by atoms with Crippen LogP contribution < -0.4 is 4.90 Å². The maximum atomic E-state index is 13.2. The van der Waals surface area contributed by atoms with E-state index in [2.05, 4.69) is 28.2 Å². The monoisotopic (exact) mass is 377 g/mol. The fraction of sp³-hybridized carbons (Fsp3) is 0.250. The van der Waals surface area contributed by atoms with Crippen molar-refractivity contribution < 1.29 is 4.79 Å². The van der Waals surface area contributed by atoms with Gasteiger partial charge < -0.3 is 4.90 Å². The number of H-pyrrole nitrogens is 1. The van der Waals surface area contributed by atoms with Crippen LogP contribution in [-0.4, -0.2) is 36.8 Å². The molecular formula is C20H19N5OS. The number of carbonyl (C=O) groups is 1. The van der Waals surface area contributed by atoms with Crippen molar-refractivity contribution in [1.82, 2.24) is 19.6 Å². The summed E-state index contributed by atoms with van der Waals surface area (Å²) < 4.78 is 1.98. The molecule has 6 nitrogen and oxygen atoms in total. The van der Waals surface area contributed by atoms with Crippen LogP contribution in [0.5, 0.6) is 0 Å². The summed E-state index contributed by atoms with van der Waals surface area (Å²) in [5, 5.41) is 7.85. The summed E-state index contributed by atoms with van der Waals surface area (Å²) in [7, 11) is 0. The summed E-state index contributed by atoms with van der Waals surface area (Å²) >= 11 is 1.46. The van der Waals surface area contributed by atoms with Crippen LogP contribution in [0.4, 0.5) is 5.69 Å². The zero-order valence-corrected chi connectivity index (χ0v) is 15.9. The first-order chi connectivity index (χ1) is 13.1. The van der Waals surface area contributed by atoms with Crippen LogP contribution in [0.2, 0.25) is 0 Å². The molecule has 1 aliphatic heterocycles. The Morgan fingerprint density at radius 3 is 2.89 bits per heavy atom. The van der Waals surface area contributed by atoms with Gasteiger partial charge >= 0.3 is 0 Å². The third-order valence-electron chi connectivity index (χ3n) is 5.08. The van der Waals surface area contributed by atoms with Gasteiger partial charge in [0.05, 0.1) is 16.3 Å².